The number of ether oxygens (including phenoxy) is 1. The molecule has 2 aliphatic heterocycles. The molecule has 0 atom stereocenters. The molecule has 6 heteroatoms. The van der Waals surface area contributed by atoms with Crippen LogP contribution in [0.1, 0.15) is 27.3 Å². The van der Waals surface area contributed by atoms with Gasteiger partial charge in [-0.1, -0.05) is 30.3 Å². The molecule has 0 spiro atoms. The number of rotatable bonds is 3. The Morgan fingerprint density at radius 2 is 1.94 bits per heavy atom. The zero-order valence-electron chi connectivity index (χ0n) is 17.7. The summed E-state index contributed by atoms with van der Waals surface area (Å²) in [4.78, 5) is 23.0. The van der Waals surface area contributed by atoms with Crippen molar-refractivity contribution in [1.29, 1.82) is 0 Å². The first kappa shape index (κ1) is 19.1. The number of hydrogen-bond donors (Lipinski definition) is 2. The van der Waals surface area contributed by atoms with E-state index in [-0.39, 0.29) is 5.91 Å². The number of carbonyl (C=O) groups is 1. The summed E-state index contributed by atoms with van der Waals surface area (Å²) >= 11 is 0. The van der Waals surface area contributed by atoms with Crippen molar-refractivity contribution in [2.75, 3.05) is 37.7 Å². The van der Waals surface area contributed by atoms with Crippen molar-refractivity contribution < 1.29 is 9.53 Å². The molecule has 0 aliphatic carbocycles. The van der Waals surface area contributed by atoms with E-state index >= 15 is 0 Å². The van der Waals surface area contributed by atoms with Gasteiger partial charge in [0, 0.05) is 54.4 Å². The van der Waals surface area contributed by atoms with E-state index in [1.807, 2.05) is 12.3 Å². The van der Waals surface area contributed by atoms with E-state index in [4.69, 9.17) is 9.72 Å². The van der Waals surface area contributed by atoms with Crippen LogP contribution in [0.4, 0.5) is 5.69 Å². The van der Waals surface area contributed by atoms with Crippen LogP contribution in [0.2, 0.25) is 0 Å². The molecule has 0 radical (unpaired) electrons. The van der Waals surface area contributed by atoms with Gasteiger partial charge in [-0.3, -0.25) is 9.78 Å². The van der Waals surface area contributed by atoms with Crippen molar-refractivity contribution in [2.45, 2.75) is 6.42 Å². The van der Waals surface area contributed by atoms with Crippen molar-refractivity contribution in [2.24, 2.45) is 0 Å². The maximum absolute atomic E-state index is 12.4. The van der Waals surface area contributed by atoms with E-state index in [1.165, 1.54) is 5.69 Å². The second-order valence-electron chi connectivity index (χ2n) is 8.32. The molecule has 6 nitrogen and oxygen atoms in total. The van der Waals surface area contributed by atoms with Gasteiger partial charge < -0.3 is 19.9 Å². The molecule has 1 saturated heterocycles. The van der Waals surface area contributed by atoms with Crippen LogP contribution in [0.25, 0.3) is 33.8 Å². The van der Waals surface area contributed by atoms with Crippen molar-refractivity contribution in [1.82, 2.24) is 15.3 Å². The number of amides is 1. The Morgan fingerprint density at radius 1 is 1.03 bits per heavy atom. The van der Waals surface area contributed by atoms with Crippen molar-refractivity contribution in [3.05, 3.63) is 71.2 Å². The Morgan fingerprint density at radius 3 is 2.84 bits per heavy atom. The first-order valence-corrected chi connectivity index (χ1v) is 11.1. The Bertz CT molecular complexity index is 1370. The minimum Gasteiger partial charge on any atom is -0.378 e. The summed E-state index contributed by atoms with van der Waals surface area (Å²) in [6.07, 6.45) is 7.00. The highest BCUT2D eigenvalue weighted by Crippen LogP contribution is 2.31. The van der Waals surface area contributed by atoms with Gasteiger partial charge in [0.05, 0.1) is 30.0 Å². The largest absolute Gasteiger partial charge is 0.378 e. The Labute approximate surface area is 185 Å². The van der Waals surface area contributed by atoms with Crippen LogP contribution in [0.5, 0.6) is 0 Å². The number of carbonyl (C=O) groups excluding carboxylic acids is 1. The fourth-order valence-corrected chi connectivity index (χ4v) is 4.67. The molecule has 2 N–H and O–H groups in total. The number of aromatic nitrogens is 2. The van der Waals surface area contributed by atoms with E-state index < -0.39 is 0 Å². The van der Waals surface area contributed by atoms with Crippen LogP contribution >= 0.6 is 0 Å². The monoisotopic (exact) mass is 424 g/mol. The van der Waals surface area contributed by atoms with Crippen LogP contribution in [0.15, 0.2) is 48.7 Å². The standard InChI is InChI=1S/C26H24N4O2/c31-26-24-21-7-5-18-16-28-19(15-22(18)25(21)29-23(24)8-9-27-26)6-4-17-2-1-3-20(14-17)30-10-12-32-13-11-30/h1-7,14-16,28H,8-13H2,(H,27,31)/b6-4+. The lowest BCUT2D eigenvalue weighted by Crippen LogP contribution is -2.36. The second-order valence-corrected chi connectivity index (χ2v) is 8.32. The number of nitrogens with one attached hydrogen (secondary N) is 2. The van der Waals surface area contributed by atoms with Gasteiger partial charge in [-0.05, 0) is 35.2 Å². The highest BCUT2D eigenvalue weighted by Gasteiger charge is 2.23. The Kier molecular flexibility index (Phi) is 4.65. The quantitative estimate of drug-likeness (QED) is 0.521. The third-order valence-electron chi connectivity index (χ3n) is 6.33. The fourth-order valence-electron chi connectivity index (χ4n) is 4.67. The van der Waals surface area contributed by atoms with Gasteiger partial charge in [0.2, 0.25) is 0 Å². The Hall–Kier alpha value is -3.64. The third-order valence-corrected chi connectivity index (χ3v) is 6.33. The molecule has 2 aliphatic rings. The molecule has 1 fully saturated rings. The summed E-state index contributed by atoms with van der Waals surface area (Å²) in [5.74, 6) is -0.0177. The average Bonchev–Trinajstić information content (AvgIpc) is 3.24. The minimum atomic E-state index is -0.0177. The van der Waals surface area contributed by atoms with Crippen LogP contribution in [-0.4, -0.2) is 48.7 Å². The average molecular weight is 425 g/mol. The molecule has 0 bridgehead atoms. The Balaban J connectivity index is 1.35. The van der Waals surface area contributed by atoms with Gasteiger partial charge >= 0.3 is 0 Å². The molecule has 4 heterocycles. The first-order chi connectivity index (χ1) is 15.8. The van der Waals surface area contributed by atoms with Crippen molar-refractivity contribution in [3.8, 4) is 0 Å². The topological polar surface area (TPSA) is 70.2 Å². The van der Waals surface area contributed by atoms with Gasteiger partial charge in [0.25, 0.3) is 5.91 Å². The summed E-state index contributed by atoms with van der Waals surface area (Å²) in [6.45, 7) is 4.06. The number of morpholine rings is 1. The predicted molar refractivity (Wildman–Crippen MR) is 128 cm³/mol. The summed E-state index contributed by atoms with van der Waals surface area (Å²) in [5.41, 5.74) is 5.91. The van der Waals surface area contributed by atoms with Crippen LogP contribution < -0.4 is 10.2 Å². The maximum atomic E-state index is 12.4. The van der Waals surface area contributed by atoms with Crippen LogP contribution in [0.3, 0.4) is 0 Å². The number of benzene rings is 2. The van der Waals surface area contributed by atoms with Gasteiger partial charge in [0.1, 0.15) is 0 Å². The molecule has 2 aromatic carbocycles. The smallest absolute Gasteiger partial charge is 0.253 e. The highest BCUT2D eigenvalue weighted by atomic mass is 16.5. The lowest BCUT2D eigenvalue weighted by molar-refractivity contribution is 0.0947. The van der Waals surface area contributed by atoms with Crippen LogP contribution in [0, 0.1) is 0 Å². The lowest BCUT2D eigenvalue weighted by Gasteiger charge is -2.29. The number of aromatic amines is 1. The molecule has 160 valence electrons. The normalized spacial score (nSPS) is 16.6. The SMILES string of the molecule is O=C1NCCc2nc3c(ccc4c[nH]c(/C=C/c5cccc(N6CCOCC6)c5)cc43)c21. The molecule has 1 amide bonds. The number of H-pyrrole nitrogens is 1. The van der Waals surface area contributed by atoms with Crippen molar-refractivity contribution >= 4 is 45.4 Å². The zero-order chi connectivity index (χ0) is 21.5. The fraction of sp³-hybridized carbons (Fsp3) is 0.231. The summed E-state index contributed by atoms with van der Waals surface area (Å²) < 4.78 is 5.47. The van der Waals surface area contributed by atoms with E-state index in [1.54, 1.807) is 0 Å². The summed E-state index contributed by atoms with van der Waals surface area (Å²) in [7, 11) is 0. The molecule has 4 aromatic rings. The van der Waals surface area contributed by atoms with Gasteiger partial charge in [-0.2, -0.15) is 0 Å². The number of anilines is 1. The van der Waals surface area contributed by atoms with E-state index in [0.717, 1.165) is 76.9 Å². The zero-order valence-corrected chi connectivity index (χ0v) is 17.7. The number of hydrogen-bond acceptors (Lipinski definition) is 4. The molecular weight excluding hydrogens is 400 g/mol. The number of nitrogens with zero attached hydrogens (tertiary/aromatic N) is 2. The second kappa shape index (κ2) is 7.80. The number of fused-ring (bicyclic) bond motifs is 5. The molecule has 0 unspecified atom stereocenters. The lowest BCUT2D eigenvalue weighted by atomic mass is 10.0. The van der Waals surface area contributed by atoms with Gasteiger partial charge in [-0.15, -0.1) is 0 Å². The van der Waals surface area contributed by atoms with Gasteiger partial charge in [0.15, 0.2) is 0 Å². The van der Waals surface area contributed by atoms with Crippen LogP contribution in [-0.2, 0) is 11.2 Å². The first-order valence-electron chi connectivity index (χ1n) is 11.1. The predicted octanol–water partition coefficient (Wildman–Crippen LogP) is 4.01. The summed E-state index contributed by atoms with van der Waals surface area (Å²) in [6, 6.07) is 14.8. The molecular formula is C26H24N4O2. The van der Waals surface area contributed by atoms with Crippen molar-refractivity contribution in [3.63, 3.8) is 0 Å². The number of pyridine rings is 1. The highest BCUT2D eigenvalue weighted by molar-refractivity contribution is 6.15. The maximum Gasteiger partial charge on any atom is 0.253 e. The molecule has 32 heavy (non-hydrogen) atoms. The van der Waals surface area contributed by atoms with E-state index in [9.17, 15) is 4.79 Å². The molecule has 0 saturated carbocycles. The third kappa shape index (κ3) is 3.33. The molecule has 2 aromatic heterocycles. The van der Waals surface area contributed by atoms with Gasteiger partial charge in [-0.25, -0.2) is 0 Å². The molecule has 6 rings (SSSR count). The van der Waals surface area contributed by atoms with E-state index in [2.05, 4.69) is 63.8 Å². The minimum absolute atomic E-state index is 0.0177. The summed E-state index contributed by atoms with van der Waals surface area (Å²) in [5, 5.41) is 6.01. The van der Waals surface area contributed by atoms with E-state index in [0.29, 0.717) is 6.54 Å².